The number of aliphatic hydroxyl groups is 1. The van der Waals surface area contributed by atoms with E-state index < -0.39 is 6.10 Å². The number of carbonyl (C=O) groups excluding carboxylic acids is 1. The third kappa shape index (κ3) is 5.79. The van der Waals surface area contributed by atoms with Gasteiger partial charge in [-0.1, -0.05) is 60.7 Å². The van der Waals surface area contributed by atoms with E-state index >= 15 is 0 Å². The van der Waals surface area contributed by atoms with Gasteiger partial charge in [0.05, 0.1) is 37.1 Å². The molecule has 0 aliphatic heterocycles. The van der Waals surface area contributed by atoms with Crippen LogP contribution in [0.5, 0.6) is 11.5 Å². The van der Waals surface area contributed by atoms with Crippen LogP contribution in [0.2, 0.25) is 0 Å². The van der Waals surface area contributed by atoms with Crippen molar-refractivity contribution < 1.29 is 19.4 Å². The van der Waals surface area contributed by atoms with E-state index in [1.807, 2.05) is 37.3 Å². The molecule has 0 saturated carbocycles. The van der Waals surface area contributed by atoms with Gasteiger partial charge in [0.25, 0.3) is 0 Å². The molecule has 2 aliphatic carbocycles. The van der Waals surface area contributed by atoms with Crippen LogP contribution in [0.15, 0.2) is 84.9 Å². The number of benzene rings is 4. The van der Waals surface area contributed by atoms with E-state index in [1.54, 1.807) is 21.1 Å². The Kier molecular flexibility index (Phi) is 8.84. The van der Waals surface area contributed by atoms with Crippen LogP contribution in [-0.2, 0) is 38.8 Å². The molecule has 2 aromatic heterocycles. The van der Waals surface area contributed by atoms with E-state index in [-0.39, 0.29) is 5.78 Å². The van der Waals surface area contributed by atoms with Crippen LogP contribution in [-0.4, -0.2) is 34.2 Å². The lowest BCUT2D eigenvalue weighted by atomic mass is 10.1. The Balaban J connectivity index is 0.000000152. The highest BCUT2D eigenvalue weighted by molar-refractivity contribution is 6.02. The Bertz CT molecular complexity index is 2110. The number of hydrogen-bond donors (Lipinski definition) is 1. The van der Waals surface area contributed by atoms with Crippen LogP contribution < -0.4 is 9.47 Å². The highest BCUT2D eigenvalue weighted by Gasteiger charge is 2.25. The number of rotatable bonds is 8. The maximum atomic E-state index is 12.3. The largest absolute Gasteiger partial charge is 0.496 e. The monoisotopic (exact) mass is 640 g/mol. The third-order valence-corrected chi connectivity index (χ3v) is 10.1. The van der Waals surface area contributed by atoms with Crippen molar-refractivity contribution in [3.63, 3.8) is 0 Å². The van der Waals surface area contributed by atoms with Crippen molar-refractivity contribution in [2.45, 2.75) is 71.6 Å². The molecule has 0 spiro atoms. The number of fused-ring (bicyclic) bond motifs is 6. The van der Waals surface area contributed by atoms with E-state index in [0.717, 1.165) is 65.9 Å². The van der Waals surface area contributed by atoms with Crippen molar-refractivity contribution >= 4 is 27.6 Å². The fourth-order valence-electron chi connectivity index (χ4n) is 7.85. The first-order chi connectivity index (χ1) is 23.4. The molecule has 48 heavy (non-hydrogen) atoms. The van der Waals surface area contributed by atoms with E-state index in [0.29, 0.717) is 6.54 Å². The van der Waals surface area contributed by atoms with Crippen molar-refractivity contribution in [1.82, 2.24) is 9.13 Å². The van der Waals surface area contributed by atoms with Crippen LogP contribution in [0.4, 0.5) is 0 Å². The summed E-state index contributed by atoms with van der Waals surface area (Å²) in [5.74, 6) is 1.88. The lowest BCUT2D eigenvalue weighted by Crippen LogP contribution is -2.08. The highest BCUT2D eigenvalue weighted by Crippen LogP contribution is 2.41. The minimum Gasteiger partial charge on any atom is -0.496 e. The summed E-state index contributed by atoms with van der Waals surface area (Å²) < 4.78 is 15.7. The van der Waals surface area contributed by atoms with E-state index in [2.05, 4.69) is 63.7 Å². The van der Waals surface area contributed by atoms with Gasteiger partial charge in [-0.05, 0) is 103 Å². The normalized spacial score (nSPS) is 14.0. The maximum absolute atomic E-state index is 12.3. The second kappa shape index (κ2) is 13.4. The van der Waals surface area contributed by atoms with Crippen molar-refractivity contribution in [2.75, 3.05) is 14.2 Å². The van der Waals surface area contributed by atoms with Gasteiger partial charge in [0.2, 0.25) is 0 Å². The Morgan fingerprint density at radius 3 is 1.67 bits per heavy atom. The molecule has 2 aliphatic rings. The van der Waals surface area contributed by atoms with Crippen LogP contribution >= 0.6 is 0 Å². The number of aliphatic hydroxyl groups excluding tert-OH is 1. The Hall–Kier alpha value is -4.81. The van der Waals surface area contributed by atoms with Gasteiger partial charge in [-0.15, -0.1) is 0 Å². The Morgan fingerprint density at radius 1 is 0.708 bits per heavy atom. The molecule has 6 heteroatoms. The summed E-state index contributed by atoms with van der Waals surface area (Å²) in [6, 6.07) is 29.2. The number of nitrogens with zero attached hydrogens (tertiary/aromatic N) is 2. The summed E-state index contributed by atoms with van der Waals surface area (Å²) in [7, 11) is 3.44. The minimum absolute atomic E-state index is 0.0935. The van der Waals surface area contributed by atoms with Gasteiger partial charge in [0.15, 0.2) is 5.78 Å². The topological polar surface area (TPSA) is 65.6 Å². The van der Waals surface area contributed by atoms with Gasteiger partial charge >= 0.3 is 0 Å². The quantitative estimate of drug-likeness (QED) is 0.169. The molecule has 1 N–H and O–H groups in total. The van der Waals surface area contributed by atoms with Crippen molar-refractivity contribution in [3.05, 3.63) is 130 Å². The van der Waals surface area contributed by atoms with Gasteiger partial charge in [-0.2, -0.15) is 0 Å². The van der Waals surface area contributed by atoms with Crippen molar-refractivity contribution in [3.8, 4) is 11.5 Å². The zero-order chi connectivity index (χ0) is 33.4. The van der Waals surface area contributed by atoms with Gasteiger partial charge in [0, 0.05) is 36.5 Å². The standard InChI is InChI=1S/C21H23NO2.C21H21NO2/c2*1-14(23)19-12-18-20(24-2)11-16-9-6-10-17(16)21(18)22(19)13-15-7-4-3-5-8-15/h3-5,7-8,11-12,14,23H,6,9-10,13H2,1-2H3;3-5,7-8,11-12H,6,9-10,13H2,1-2H3. The molecular formula is C42H44N2O4. The van der Waals surface area contributed by atoms with E-state index in [9.17, 15) is 9.90 Å². The van der Waals surface area contributed by atoms with Crippen LogP contribution in [0.3, 0.4) is 0 Å². The molecule has 0 bridgehead atoms. The molecular weight excluding hydrogens is 596 g/mol. The SMILES string of the molecule is COc1cc2c(c3c1cc(C(C)=O)n3Cc1ccccc1)CCC2.COc1cc2c(c3c1cc(C(C)O)n3Cc1ccccc1)CCC2. The highest BCUT2D eigenvalue weighted by atomic mass is 16.5. The van der Waals surface area contributed by atoms with Gasteiger partial charge in [0.1, 0.15) is 11.5 Å². The molecule has 0 saturated heterocycles. The zero-order valence-corrected chi connectivity index (χ0v) is 28.4. The zero-order valence-electron chi connectivity index (χ0n) is 28.4. The lowest BCUT2D eigenvalue weighted by molar-refractivity contribution is 0.101. The molecule has 1 atom stereocenters. The number of aryl methyl sites for hydroxylation is 4. The summed E-state index contributed by atoms with van der Waals surface area (Å²) >= 11 is 0. The smallest absolute Gasteiger partial charge is 0.176 e. The molecule has 8 rings (SSSR count). The van der Waals surface area contributed by atoms with Crippen LogP contribution in [0, 0.1) is 0 Å². The molecule has 0 amide bonds. The second-order valence-corrected chi connectivity index (χ2v) is 13.1. The molecule has 1 unspecified atom stereocenters. The Morgan fingerprint density at radius 2 is 1.19 bits per heavy atom. The van der Waals surface area contributed by atoms with Gasteiger partial charge < -0.3 is 23.7 Å². The summed E-state index contributed by atoms with van der Waals surface area (Å²) in [6.07, 6.45) is 6.24. The summed E-state index contributed by atoms with van der Waals surface area (Å²) in [5.41, 5.74) is 12.1. The molecule has 246 valence electrons. The predicted molar refractivity (Wildman–Crippen MR) is 193 cm³/mol. The molecule has 0 radical (unpaired) electrons. The summed E-state index contributed by atoms with van der Waals surface area (Å²) in [4.78, 5) is 12.3. The number of ketones is 1. The molecule has 6 aromatic rings. The fourth-order valence-corrected chi connectivity index (χ4v) is 7.85. The molecule has 0 fully saturated rings. The lowest BCUT2D eigenvalue weighted by Gasteiger charge is -2.15. The second-order valence-electron chi connectivity index (χ2n) is 13.1. The average molecular weight is 641 g/mol. The molecule has 6 nitrogen and oxygen atoms in total. The Labute approximate surface area is 282 Å². The van der Waals surface area contributed by atoms with Crippen molar-refractivity contribution in [2.24, 2.45) is 0 Å². The molecule has 2 heterocycles. The first kappa shape index (κ1) is 31.8. The average Bonchev–Trinajstić information content (AvgIpc) is 3.90. The van der Waals surface area contributed by atoms with E-state index in [4.69, 9.17) is 9.47 Å². The number of ether oxygens (including phenoxy) is 2. The predicted octanol–water partition coefficient (Wildman–Crippen LogP) is 8.63. The summed E-state index contributed by atoms with van der Waals surface area (Å²) in [6.45, 7) is 4.95. The fraction of sp³-hybridized carbons (Fsp3) is 0.310. The van der Waals surface area contributed by atoms with Gasteiger partial charge in [-0.3, -0.25) is 4.79 Å². The van der Waals surface area contributed by atoms with Crippen molar-refractivity contribution in [1.29, 1.82) is 0 Å². The number of Topliss-reactive ketones (excluding diaryl/α,β-unsaturated/α-hetero) is 1. The first-order valence-corrected chi connectivity index (χ1v) is 17.1. The summed E-state index contributed by atoms with van der Waals surface area (Å²) in [5, 5.41) is 12.5. The van der Waals surface area contributed by atoms with Crippen LogP contribution in [0.25, 0.3) is 21.8 Å². The van der Waals surface area contributed by atoms with E-state index in [1.165, 1.54) is 57.3 Å². The minimum atomic E-state index is -0.511. The van der Waals surface area contributed by atoms with Crippen LogP contribution in [0.1, 0.15) is 82.4 Å². The third-order valence-electron chi connectivity index (χ3n) is 10.1. The molecule has 4 aromatic carbocycles. The maximum Gasteiger partial charge on any atom is 0.176 e. The first-order valence-electron chi connectivity index (χ1n) is 17.1. The number of hydrogen-bond acceptors (Lipinski definition) is 4. The van der Waals surface area contributed by atoms with Gasteiger partial charge in [-0.25, -0.2) is 0 Å². The number of carbonyl (C=O) groups is 1. The number of aromatic nitrogens is 2. The number of methoxy groups -OCH3 is 2.